The number of pyridine rings is 1. The van der Waals surface area contributed by atoms with Gasteiger partial charge in [0.2, 0.25) is 0 Å². The fraction of sp³-hybridized carbons (Fsp3) is 0.389. The maximum Gasteiger partial charge on any atom is 0.313 e. The second-order valence-corrected chi connectivity index (χ2v) is 6.11. The van der Waals surface area contributed by atoms with Gasteiger partial charge >= 0.3 is 5.97 Å². The van der Waals surface area contributed by atoms with Crippen molar-refractivity contribution in [1.29, 1.82) is 5.26 Å². The fourth-order valence-electron chi connectivity index (χ4n) is 3.11. The minimum atomic E-state index is -0.507. The largest absolute Gasteiger partial charge is 0.466 e. The van der Waals surface area contributed by atoms with Crippen molar-refractivity contribution in [2.45, 2.75) is 20.3 Å². The molecule has 0 saturated carbocycles. The molecule has 1 atom stereocenters. The van der Waals surface area contributed by atoms with Crippen molar-refractivity contribution in [2.24, 2.45) is 5.41 Å². The van der Waals surface area contributed by atoms with Crippen LogP contribution >= 0.6 is 0 Å². The molecule has 1 aliphatic heterocycles. The number of benzene rings is 1. The standard InChI is InChI=1S/C18H19N3O2/c1-3-23-17(22)18(2)8-9-21(12-18)16-10-13(11-19)20-15-7-5-4-6-14(15)16/h4-7,10H,3,8-9,12H2,1-2H3. The van der Waals surface area contributed by atoms with Gasteiger partial charge in [-0.15, -0.1) is 0 Å². The molecule has 2 aromatic rings. The normalized spacial score (nSPS) is 20.5. The first-order valence-electron chi connectivity index (χ1n) is 7.79. The summed E-state index contributed by atoms with van der Waals surface area (Å²) in [6.07, 6.45) is 0.740. The number of para-hydroxylation sites is 1. The van der Waals surface area contributed by atoms with Crippen LogP contribution in [0.2, 0.25) is 0 Å². The van der Waals surface area contributed by atoms with Gasteiger partial charge in [0.15, 0.2) is 0 Å². The van der Waals surface area contributed by atoms with E-state index in [1.54, 1.807) is 6.07 Å². The molecular weight excluding hydrogens is 290 g/mol. The van der Waals surface area contributed by atoms with E-state index in [-0.39, 0.29) is 5.97 Å². The van der Waals surface area contributed by atoms with Gasteiger partial charge in [-0.3, -0.25) is 4.79 Å². The molecule has 1 fully saturated rings. The number of rotatable bonds is 3. The highest BCUT2D eigenvalue weighted by molar-refractivity contribution is 5.93. The molecule has 2 heterocycles. The molecule has 5 nitrogen and oxygen atoms in total. The van der Waals surface area contributed by atoms with Crippen molar-refractivity contribution in [3.63, 3.8) is 0 Å². The highest BCUT2D eigenvalue weighted by atomic mass is 16.5. The molecule has 0 spiro atoms. The lowest BCUT2D eigenvalue weighted by molar-refractivity contribution is -0.153. The summed E-state index contributed by atoms with van der Waals surface area (Å²) in [5.74, 6) is -0.152. The van der Waals surface area contributed by atoms with Crippen LogP contribution in [0.15, 0.2) is 30.3 Å². The minimum absolute atomic E-state index is 0.152. The summed E-state index contributed by atoms with van der Waals surface area (Å²) in [6, 6.07) is 11.7. The van der Waals surface area contributed by atoms with Gasteiger partial charge in [-0.1, -0.05) is 18.2 Å². The first kappa shape index (κ1) is 15.3. The van der Waals surface area contributed by atoms with Crippen LogP contribution in [0.4, 0.5) is 5.69 Å². The number of aromatic nitrogens is 1. The van der Waals surface area contributed by atoms with Gasteiger partial charge in [-0.25, -0.2) is 4.98 Å². The lowest BCUT2D eigenvalue weighted by Crippen LogP contribution is -2.33. The maximum atomic E-state index is 12.2. The maximum absolute atomic E-state index is 12.2. The summed E-state index contributed by atoms with van der Waals surface area (Å²) in [5.41, 5.74) is 1.64. The number of hydrogen-bond acceptors (Lipinski definition) is 5. The zero-order valence-electron chi connectivity index (χ0n) is 13.4. The van der Waals surface area contributed by atoms with E-state index in [0.29, 0.717) is 18.8 Å². The Kier molecular flexibility index (Phi) is 3.91. The van der Waals surface area contributed by atoms with Gasteiger partial charge < -0.3 is 9.64 Å². The number of esters is 1. The zero-order chi connectivity index (χ0) is 16.4. The van der Waals surface area contributed by atoms with Gasteiger partial charge in [-0.05, 0) is 32.4 Å². The van der Waals surface area contributed by atoms with E-state index in [1.807, 2.05) is 38.1 Å². The molecule has 1 aliphatic rings. The molecule has 0 bridgehead atoms. The predicted octanol–water partition coefficient (Wildman–Crippen LogP) is 2.89. The third-order valence-electron chi connectivity index (χ3n) is 4.39. The molecule has 0 aliphatic carbocycles. The lowest BCUT2D eigenvalue weighted by atomic mass is 9.90. The molecule has 1 saturated heterocycles. The Morgan fingerprint density at radius 2 is 2.26 bits per heavy atom. The number of ether oxygens (including phenoxy) is 1. The van der Waals surface area contributed by atoms with Crippen LogP contribution in [0.25, 0.3) is 10.9 Å². The van der Waals surface area contributed by atoms with E-state index in [2.05, 4.69) is 16.0 Å². The van der Waals surface area contributed by atoms with E-state index in [9.17, 15) is 10.1 Å². The summed E-state index contributed by atoms with van der Waals surface area (Å²) in [6.45, 7) is 5.51. The van der Waals surface area contributed by atoms with E-state index < -0.39 is 5.41 Å². The highest BCUT2D eigenvalue weighted by Crippen LogP contribution is 2.37. The smallest absolute Gasteiger partial charge is 0.313 e. The highest BCUT2D eigenvalue weighted by Gasteiger charge is 2.42. The van der Waals surface area contributed by atoms with Crippen molar-refractivity contribution in [1.82, 2.24) is 4.98 Å². The Labute approximate surface area is 135 Å². The SMILES string of the molecule is CCOC(=O)C1(C)CCN(c2cc(C#N)nc3ccccc23)C1. The van der Waals surface area contributed by atoms with E-state index in [0.717, 1.165) is 29.6 Å². The molecule has 1 aromatic carbocycles. The van der Waals surface area contributed by atoms with Crippen molar-refractivity contribution in [3.8, 4) is 6.07 Å². The van der Waals surface area contributed by atoms with Crippen molar-refractivity contribution in [3.05, 3.63) is 36.0 Å². The summed E-state index contributed by atoms with van der Waals surface area (Å²) >= 11 is 0. The summed E-state index contributed by atoms with van der Waals surface area (Å²) in [7, 11) is 0. The molecular formula is C18H19N3O2. The Balaban J connectivity index is 1.99. The first-order valence-corrected chi connectivity index (χ1v) is 7.79. The Bertz CT molecular complexity index is 796. The summed E-state index contributed by atoms with van der Waals surface area (Å²) in [5, 5.41) is 10.2. The second-order valence-electron chi connectivity index (χ2n) is 6.11. The quantitative estimate of drug-likeness (QED) is 0.816. The molecule has 1 unspecified atom stereocenters. The first-order chi connectivity index (χ1) is 11.1. The van der Waals surface area contributed by atoms with E-state index in [1.165, 1.54) is 0 Å². The van der Waals surface area contributed by atoms with Gasteiger partial charge in [0.25, 0.3) is 0 Å². The lowest BCUT2D eigenvalue weighted by Gasteiger charge is -2.24. The molecule has 118 valence electrons. The Morgan fingerprint density at radius 1 is 1.48 bits per heavy atom. The zero-order valence-corrected chi connectivity index (χ0v) is 13.4. The van der Waals surface area contributed by atoms with Gasteiger partial charge in [-0.2, -0.15) is 5.26 Å². The van der Waals surface area contributed by atoms with Gasteiger partial charge in [0.05, 0.1) is 17.5 Å². The number of fused-ring (bicyclic) bond motifs is 1. The monoisotopic (exact) mass is 309 g/mol. The van der Waals surface area contributed by atoms with Crippen LogP contribution in [0, 0.1) is 16.7 Å². The molecule has 0 radical (unpaired) electrons. The number of nitriles is 1. The van der Waals surface area contributed by atoms with Crippen molar-refractivity contribution < 1.29 is 9.53 Å². The predicted molar refractivity (Wildman–Crippen MR) is 88.0 cm³/mol. The number of hydrogen-bond donors (Lipinski definition) is 0. The molecule has 3 rings (SSSR count). The average Bonchev–Trinajstić information content (AvgIpc) is 2.97. The minimum Gasteiger partial charge on any atom is -0.466 e. The molecule has 23 heavy (non-hydrogen) atoms. The summed E-state index contributed by atoms with van der Waals surface area (Å²) < 4.78 is 5.22. The molecule has 0 amide bonds. The van der Waals surface area contributed by atoms with E-state index >= 15 is 0 Å². The van der Waals surface area contributed by atoms with Crippen LogP contribution < -0.4 is 4.90 Å². The number of carbonyl (C=O) groups is 1. The Hall–Kier alpha value is -2.61. The topological polar surface area (TPSA) is 66.2 Å². The van der Waals surface area contributed by atoms with Crippen molar-refractivity contribution in [2.75, 3.05) is 24.6 Å². The number of carbonyl (C=O) groups excluding carboxylic acids is 1. The van der Waals surface area contributed by atoms with E-state index in [4.69, 9.17) is 4.74 Å². The summed E-state index contributed by atoms with van der Waals surface area (Å²) in [4.78, 5) is 18.7. The second kappa shape index (κ2) is 5.88. The average molecular weight is 309 g/mol. The molecule has 0 N–H and O–H groups in total. The third-order valence-corrected chi connectivity index (χ3v) is 4.39. The Morgan fingerprint density at radius 3 is 3.00 bits per heavy atom. The van der Waals surface area contributed by atoms with Crippen LogP contribution in [0.5, 0.6) is 0 Å². The fourth-order valence-corrected chi connectivity index (χ4v) is 3.11. The van der Waals surface area contributed by atoms with Gasteiger partial charge in [0, 0.05) is 24.2 Å². The molecule has 1 aromatic heterocycles. The molecule has 5 heteroatoms. The van der Waals surface area contributed by atoms with Crippen LogP contribution in [0.1, 0.15) is 26.0 Å². The third kappa shape index (κ3) is 2.72. The van der Waals surface area contributed by atoms with Crippen LogP contribution in [-0.2, 0) is 9.53 Å². The van der Waals surface area contributed by atoms with Crippen molar-refractivity contribution >= 4 is 22.6 Å². The number of anilines is 1. The van der Waals surface area contributed by atoms with Crippen LogP contribution in [0.3, 0.4) is 0 Å². The number of nitrogens with zero attached hydrogens (tertiary/aromatic N) is 3. The van der Waals surface area contributed by atoms with Gasteiger partial charge in [0.1, 0.15) is 11.8 Å². The van der Waals surface area contributed by atoms with Crippen LogP contribution in [-0.4, -0.2) is 30.6 Å².